The second kappa shape index (κ2) is 10.3. The molecule has 1 fully saturated rings. The van der Waals surface area contributed by atoms with Crippen LogP contribution in [0.25, 0.3) is 17.1 Å². The first-order valence-corrected chi connectivity index (χ1v) is 13.7. The van der Waals surface area contributed by atoms with Gasteiger partial charge in [-0.1, -0.05) is 84.3 Å². The quantitative estimate of drug-likeness (QED) is 0.161. The maximum absolute atomic E-state index is 13.4. The van der Waals surface area contributed by atoms with Crippen LogP contribution >= 0.6 is 47.1 Å². The van der Waals surface area contributed by atoms with Crippen LogP contribution in [0.5, 0.6) is 0 Å². The average Bonchev–Trinajstić information content (AvgIpc) is 3.56. The zero-order valence-corrected chi connectivity index (χ0v) is 21.2. The van der Waals surface area contributed by atoms with E-state index in [1.54, 1.807) is 15.9 Å². The summed E-state index contributed by atoms with van der Waals surface area (Å²) in [5.74, 6) is 0.450. The number of fused-ring (bicyclic) bond motifs is 1. The molecule has 0 radical (unpaired) electrons. The number of para-hydroxylation sites is 2. The molecule has 9 heteroatoms. The monoisotopic (exact) mass is 521 g/mol. The van der Waals surface area contributed by atoms with Gasteiger partial charge in [0.1, 0.15) is 4.32 Å². The molecule has 1 aliphatic rings. The van der Waals surface area contributed by atoms with E-state index in [2.05, 4.69) is 12.1 Å². The van der Waals surface area contributed by atoms with Crippen molar-refractivity contribution in [2.24, 2.45) is 0 Å². The second-order valence-electron chi connectivity index (χ2n) is 7.49. The molecule has 0 unspecified atom stereocenters. The number of hydrogen-bond donors (Lipinski definition) is 0. The van der Waals surface area contributed by atoms with E-state index in [0.29, 0.717) is 20.1 Å². The maximum atomic E-state index is 13.4. The Labute approximate surface area is 214 Å². The van der Waals surface area contributed by atoms with Gasteiger partial charge in [-0.15, -0.1) is 11.3 Å². The molecular weight excluding hydrogens is 503 g/mol. The van der Waals surface area contributed by atoms with Crippen molar-refractivity contribution in [3.05, 3.63) is 87.5 Å². The van der Waals surface area contributed by atoms with E-state index in [-0.39, 0.29) is 24.8 Å². The molecular formula is C25H19N3O2S4. The molecule has 0 bridgehead atoms. The van der Waals surface area contributed by atoms with Gasteiger partial charge in [0, 0.05) is 23.6 Å². The third-order valence-corrected chi connectivity index (χ3v) is 8.44. The zero-order chi connectivity index (χ0) is 23.5. The number of carbonyl (C=O) groups is 2. The Hall–Kier alpha value is -2.72. The Morgan fingerprint density at radius 1 is 1.06 bits per heavy atom. The van der Waals surface area contributed by atoms with Gasteiger partial charge in [-0.25, -0.2) is 4.98 Å². The summed E-state index contributed by atoms with van der Waals surface area (Å²) in [5.41, 5.74) is 2.70. The van der Waals surface area contributed by atoms with Crippen molar-refractivity contribution in [1.82, 2.24) is 14.5 Å². The molecule has 0 N–H and O–H groups in total. The van der Waals surface area contributed by atoms with Crippen molar-refractivity contribution in [2.45, 2.75) is 17.3 Å². The van der Waals surface area contributed by atoms with Gasteiger partial charge in [0.15, 0.2) is 5.16 Å². The van der Waals surface area contributed by atoms with Gasteiger partial charge < -0.3 is 0 Å². The SMILES string of the molecule is O=C1/C(=C/c2cccs2)SC(=S)N1CCC(=O)n1c(SCc2ccccc2)nc2ccccc21. The second-order valence-corrected chi connectivity index (χ2v) is 11.1. The van der Waals surface area contributed by atoms with E-state index in [1.165, 1.54) is 28.4 Å². The predicted octanol–water partition coefficient (Wildman–Crippen LogP) is 6.32. The third-order valence-electron chi connectivity index (χ3n) is 5.23. The highest BCUT2D eigenvalue weighted by molar-refractivity contribution is 8.26. The van der Waals surface area contributed by atoms with Gasteiger partial charge in [-0.2, -0.15) is 0 Å². The smallest absolute Gasteiger partial charge is 0.266 e. The Morgan fingerprint density at radius 2 is 1.85 bits per heavy atom. The molecule has 0 saturated carbocycles. The third kappa shape index (κ3) is 4.88. The molecule has 4 aromatic rings. The topological polar surface area (TPSA) is 55.2 Å². The lowest BCUT2D eigenvalue weighted by Crippen LogP contribution is -2.31. The predicted molar refractivity (Wildman–Crippen MR) is 145 cm³/mol. The Balaban J connectivity index is 1.33. The molecule has 1 amide bonds. The number of benzene rings is 2. The fraction of sp³-hybridized carbons (Fsp3) is 0.120. The fourth-order valence-corrected chi connectivity index (χ4v) is 6.59. The highest BCUT2D eigenvalue weighted by atomic mass is 32.2. The van der Waals surface area contributed by atoms with Crippen LogP contribution in [0.3, 0.4) is 0 Å². The zero-order valence-electron chi connectivity index (χ0n) is 17.9. The summed E-state index contributed by atoms with van der Waals surface area (Å²) in [4.78, 5) is 34.1. The number of carbonyl (C=O) groups excluding carboxylic acids is 2. The fourth-order valence-electron chi connectivity index (χ4n) is 3.58. The number of amides is 1. The number of hydrogen-bond acceptors (Lipinski definition) is 7. The van der Waals surface area contributed by atoms with Gasteiger partial charge in [0.2, 0.25) is 5.91 Å². The van der Waals surface area contributed by atoms with Crippen molar-refractivity contribution in [3.63, 3.8) is 0 Å². The van der Waals surface area contributed by atoms with Crippen LogP contribution in [0.4, 0.5) is 0 Å². The van der Waals surface area contributed by atoms with Gasteiger partial charge in [-0.3, -0.25) is 19.1 Å². The molecule has 0 aliphatic carbocycles. The average molecular weight is 522 g/mol. The van der Waals surface area contributed by atoms with E-state index in [1.807, 2.05) is 66.1 Å². The standard InChI is InChI=1S/C25H19N3O2S4/c29-22(12-13-27-23(30)21(34-25(27)31)15-18-9-6-14-32-18)28-20-11-5-4-10-19(20)26-24(28)33-16-17-7-2-1-3-8-17/h1-11,14-15H,12-13,16H2/b21-15-. The molecule has 1 aliphatic heterocycles. The molecule has 170 valence electrons. The van der Waals surface area contributed by atoms with Crippen LogP contribution in [0.1, 0.15) is 21.7 Å². The van der Waals surface area contributed by atoms with Crippen molar-refractivity contribution >= 4 is 80.3 Å². The van der Waals surface area contributed by atoms with Crippen LogP contribution in [0.2, 0.25) is 0 Å². The van der Waals surface area contributed by atoms with E-state index in [4.69, 9.17) is 17.2 Å². The Morgan fingerprint density at radius 3 is 2.65 bits per heavy atom. The lowest BCUT2D eigenvalue weighted by atomic mass is 10.2. The van der Waals surface area contributed by atoms with Crippen LogP contribution in [-0.4, -0.2) is 37.1 Å². The summed E-state index contributed by atoms with van der Waals surface area (Å²) in [7, 11) is 0. The van der Waals surface area contributed by atoms with E-state index >= 15 is 0 Å². The lowest BCUT2D eigenvalue weighted by molar-refractivity contribution is -0.122. The van der Waals surface area contributed by atoms with Gasteiger partial charge in [0.25, 0.3) is 5.91 Å². The number of thiophene rings is 1. The number of thiocarbonyl (C=S) groups is 1. The summed E-state index contributed by atoms with van der Waals surface area (Å²) >= 11 is 9.81. The molecule has 0 spiro atoms. The molecule has 5 nitrogen and oxygen atoms in total. The van der Waals surface area contributed by atoms with Crippen LogP contribution in [0, 0.1) is 0 Å². The first-order chi connectivity index (χ1) is 16.6. The minimum Gasteiger partial charge on any atom is -0.292 e. The maximum Gasteiger partial charge on any atom is 0.266 e. The van der Waals surface area contributed by atoms with Gasteiger partial charge >= 0.3 is 0 Å². The van der Waals surface area contributed by atoms with Crippen molar-refractivity contribution in [3.8, 4) is 0 Å². The highest BCUT2D eigenvalue weighted by Crippen LogP contribution is 2.34. The van der Waals surface area contributed by atoms with Crippen molar-refractivity contribution < 1.29 is 9.59 Å². The minimum atomic E-state index is -0.148. The molecule has 0 atom stereocenters. The normalized spacial score (nSPS) is 15.1. The largest absolute Gasteiger partial charge is 0.292 e. The number of imidazole rings is 1. The lowest BCUT2D eigenvalue weighted by Gasteiger charge is -2.14. The Kier molecular flexibility index (Phi) is 6.96. The summed E-state index contributed by atoms with van der Waals surface area (Å²) in [6.45, 7) is 0.237. The minimum absolute atomic E-state index is 0.111. The number of aromatic nitrogens is 2. The van der Waals surface area contributed by atoms with Gasteiger partial charge in [0.05, 0.1) is 15.9 Å². The van der Waals surface area contributed by atoms with E-state index < -0.39 is 0 Å². The van der Waals surface area contributed by atoms with E-state index in [9.17, 15) is 9.59 Å². The van der Waals surface area contributed by atoms with Crippen LogP contribution in [0.15, 0.2) is 82.2 Å². The van der Waals surface area contributed by atoms with Crippen LogP contribution < -0.4 is 0 Å². The first kappa shape index (κ1) is 23.0. The number of rotatable bonds is 7. The van der Waals surface area contributed by atoms with E-state index in [0.717, 1.165) is 21.5 Å². The van der Waals surface area contributed by atoms with Crippen molar-refractivity contribution in [1.29, 1.82) is 0 Å². The first-order valence-electron chi connectivity index (χ1n) is 10.6. The number of thioether (sulfide) groups is 2. The summed E-state index contributed by atoms with van der Waals surface area (Å²) < 4.78 is 2.15. The molecule has 2 aromatic heterocycles. The Bertz CT molecular complexity index is 1390. The van der Waals surface area contributed by atoms with Crippen molar-refractivity contribution in [2.75, 3.05) is 6.54 Å². The van der Waals surface area contributed by atoms with Crippen LogP contribution in [-0.2, 0) is 10.5 Å². The highest BCUT2D eigenvalue weighted by Gasteiger charge is 2.32. The molecule has 1 saturated heterocycles. The molecule has 3 heterocycles. The molecule has 5 rings (SSSR count). The summed E-state index contributed by atoms with van der Waals surface area (Å²) in [5, 5.41) is 2.62. The number of nitrogens with zero attached hydrogens (tertiary/aromatic N) is 3. The summed E-state index contributed by atoms with van der Waals surface area (Å²) in [6, 6.07) is 21.6. The molecule has 2 aromatic carbocycles. The summed E-state index contributed by atoms with van der Waals surface area (Å²) in [6.07, 6.45) is 2.01. The van der Waals surface area contributed by atoms with Gasteiger partial charge in [-0.05, 0) is 35.2 Å². The molecule has 34 heavy (non-hydrogen) atoms.